The van der Waals surface area contributed by atoms with E-state index in [1.165, 1.54) is 36.4 Å². The van der Waals surface area contributed by atoms with Gasteiger partial charge in [0.05, 0.1) is 0 Å². The number of hydrogen-bond acceptors (Lipinski definition) is 3. The predicted molar refractivity (Wildman–Crippen MR) is 107 cm³/mol. The summed E-state index contributed by atoms with van der Waals surface area (Å²) in [5, 5.41) is 0. The second-order valence-corrected chi connectivity index (χ2v) is 11.2. The summed E-state index contributed by atoms with van der Waals surface area (Å²) in [5.74, 6) is 0. The number of alkyl halides is 6. The van der Waals surface area contributed by atoms with Gasteiger partial charge in [-0.2, -0.15) is 38.4 Å². The maximum atomic E-state index is 14.5. The van der Waals surface area contributed by atoms with Crippen LogP contribution in [0.2, 0.25) is 0 Å². The third-order valence-corrected chi connectivity index (χ3v) is 9.37. The standard InChI is InChI=1S/C20H18F6O3S2/c1-2-3-7-14-8-6-10-15(12-14)18-13-16-9-4-5-11-17(16)30(18,19(21,22)23)29-31(27,28)20(24,25)26/h4-6,8-13H,2-3,7H2,1H3. The van der Waals surface area contributed by atoms with E-state index in [1.54, 1.807) is 6.07 Å². The van der Waals surface area contributed by atoms with E-state index in [0.29, 0.717) is 12.0 Å². The predicted octanol–water partition coefficient (Wildman–Crippen LogP) is 7.01. The summed E-state index contributed by atoms with van der Waals surface area (Å²) >= 11 is 0. The molecule has 1 atom stereocenters. The van der Waals surface area contributed by atoms with Crippen LogP contribution in [0.4, 0.5) is 26.3 Å². The fraction of sp³-hybridized carbons (Fsp3) is 0.300. The van der Waals surface area contributed by atoms with Crippen LogP contribution in [-0.4, -0.2) is 19.4 Å². The molecule has 3 nitrogen and oxygen atoms in total. The first-order valence-corrected chi connectivity index (χ1v) is 12.1. The molecule has 0 fully saturated rings. The van der Waals surface area contributed by atoms with Crippen LogP contribution in [-0.2, 0) is 20.2 Å². The van der Waals surface area contributed by atoms with E-state index in [0.717, 1.165) is 25.0 Å². The first-order valence-electron chi connectivity index (χ1n) is 9.15. The van der Waals surface area contributed by atoms with Crippen molar-refractivity contribution >= 4 is 31.4 Å². The molecule has 0 saturated carbocycles. The van der Waals surface area contributed by atoms with Crippen molar-refractivity contribution in [1.29, 1.82) is 0 Å². The molecular formula is C20H18F6O3S2. The Morgan fingerprint density at radius 2 is 1.65 bits per heavy atom. The Balaban J connectivity index is 2.27. The number of fused-ring (bicyclic) bond motifs is 1. The summed E-state index contributed by atoms with van der Waals surface area (Å²) in [6, 6.07) is 10.8. The molecule has 0 saturated heterocycles. The van der Waals surface area contributed by atoms with Crippen LogP contribution in [0.25, 0.3) is 11.0 Å². The van der Waals surface area contributed by atoms with E-state index in [-0.39, 0.29) is 11.1 Å². The van der Waals surface area contributed by atoms with Gasteiger partial charge in [0.1, 0.15) is 0 Å². The average Bonchev–Trinajstić information content (AvgIpc) is 3.01. The van der Waals surface area contributed by atoms with E-state index in [9.17, 15) is 34.8 Å². The molecule has 0 amide bonds. The maximum Gasteiger partial charge on any atom is 0.523 e. The van der Waals surface area contributed by atoms with Crippen molar-refractivity contribution < 1.29 is 38.4 Å². The highest BCUT2D eigenvalue weighted by Gasteiger charge is 2.64. The number of aryl methyl sites for hydroxylation is 1. The van der Waals surface area contributed by atoms with Gasteiger partial charge in [-0.1, -0.05) is 55.8 Å². The van der Waals surface area contributed by atoms with Crippen LogP contribution < -0.4 is 0 Å². The van der Waals surface area contributed by atoms with Crippen molar-refractivity contribution in [1.82, 2.24) is 0 Å². The van der Waals surface area contributed by atoms with Crippen LogP contribution in [0.5, 0.6) is 0 Å². The molecule has 0 spiro atoms. The summed E-state index contributed by atoms with van der Waals surface area (Å²) in [4.78, 5) is -1.27. The van der Waals surface area contributed by atoms with Crippen molar-refractivity contribution in [2.45, 2.75) is 42.1 Å². The monoisotopic (exact) mass is 484 g/mol. The summed E-state index contributed by atoms with van der Waals surface area (Å²) in [5.41, 5.74) is -10.8. The summed E-state index contributed by atoms with van der Waals surface area (Å²) in [6.45, 7) is 1.94. The van der Waals surface area contributed by atoms with Gasteiger partial charge in [0.2, 0.25) is 0 Å². The molecule has 0 radical (unpaired) electrons. The van der Waals surface area contributed by atoms with Gasteiger partial charge >= 0.3 is 21.1 Å². The third kappa shape index (κ3) is 4.22. The quantitative estimate of drug-likeness (QED) is 0.327. The van der Waals surface area contributed by atoms with Crippen LogP contribution in [0.15, 0.2) is 53.4 Å². The zero-order valence-corrected chi connectivity index (χ0v) is 17.8. The molecule has 1 aliphatic rings. The molecule has 3 rings (SSSR count). The minimum Gasteiger partial charge on any atom is -0.196 e. The molecule has 31 heavy (non-hydrogen) atoms. The Labute approximate surface area is 177 Å². The second-order valence-electron chi connectivity index (χ2n) is 6.82. The minimum absolute atomic E-state index is 0.0329. The smallest absolute Gasteiger partial charge is 0.196 e. The first-order chi connectivity index (χ1) is 14.3. The third-order valence-electron chi connectivity index (χ3n) is 4.66. The lowest BCUT2D eigenvalue weighted by molar-refractivity contribution is -0.0543. The van der Waals surface area contributed by atoms with Crippen LogP contribution in [0.1, 0.15) is 36.5 Å². The van der Waals surface area contributed by atoms with Gasteiger partial charge in [-0.05, 0) is 41.7 Å². The van der Waals surface area contributed by atoms with Crippen LogP contribution in [0, 0.1) is 0 Å². The van der Waals surface area contributed by atoms with Crippen molar-refractivity contribution in [2.24, 2.45) is 0 Å². The van der Waals surface area contributed by atoms with E-state index in [4.69, 9.17) is 0 Å². The van der Waals surface area contributed by atoms with Crippen molar-refractivity contribution in [3.05, 3.63) is 65.2 Å². The number of rotatable bonds is 6. The normalized spacial score (nSPS) is 21.3. The zero-order valence-electron chi connectivity index (χ0n) is 16.1. The molecular weight excluding hydrogens is 466 g/mol. The number of halogens is 6. The molecule has 11 heteroatoms. The Kier molecular flexibility index (Phi) is 6.25. The maximum absolute atomic E-state index is 14.5. The molecule has 0 aliphatic carbocycles. The van der Waals surface area contributed by atoms with Gasteiger partial charge in [0.25, 0.3) is 0 Å². The molecule has 2 aromatic carbocycles. The molecule has 0 N–H and O–H groups in total. The van der Waals surface area contributed by atoms with E-state index < -0.39 is 41.2 Å². The van der Waals surface area contributed by atoms with E-state index >= 15 is 0 Å². The van der Waals surface area contributed by atoms with E-state index in [1.807, 2.05) is 6.92 Å². The van der Waals surface area contributed by atoms with Gasteiger partial charge in [0, 0.05) is 20.1 Å². The van der Waals surface area contributed by atoms with Gasteiger partial charge in [0.15, 0.2) is 0 Å². The average molecular weight is 484 g/mol. The molecule has 1 unspecified atom stereocenters. The van der Waals surface area contributed by atoms with Crippen molar-refractivity contribution in [3.63, 3.8) is 0 Å². The molecule has 0 aromatic heterocycles. The lowest BCUT2D eigenvalue weighted by atomic mass is 10.0. The summed E-state index contributed by atoms with van der Waals surface area (Å²) < 4.78 is 110. The Hall–Kier alpha value is -1.98. The van der Waals surface area contributed by atoms with Gasteiger partial charge in [-0.15, -0.1) is 0 Å². The zero-order chi connectivity index (χ0) is 23.1. The highest BCUT2D eigenvalue weighted by Crippen LogP contribution is 2.80. The van der Waals surface area contributed by atoms with Gasteiger partial charge in [-0.3, -0.25) is 0 Å². The molecule has 1 heterocycles. The second kappa shape index (κ2) is 8.18. The topological polar surface area (TPSA) is 43.4 Å². The van der Waals surface area contributed by atoms with Crippen molar-refractivity contribution in [2.75, 3.05) is 0 Å². The highest BCUT2D eigenvalue weighted by atomic mass is 32.3. The minimum atomic E-state index is -6.55. The fourth-order valence-corrected chi connectivity index (χ4v) is 7.74. The first kappa shape index (κ1) is 23.7. The number of unbranched alkanes of at least 4 members (excludes halogenated alkanes) is 1. The largest absolute Gasteiger partial charge is 0.523 e. The molecule has 170 valence electrons. The Morgan fingerprint density at radius 1 is 0.968 bits per heavy atom. The van der Waals surface area contributed by atoms with Crippen molar-refractivity contribution in [3.8, 4) is 0 Å². The van der Waals surface area contributed by atoms with Gasteiger partial charge < -0.3 is 0 Å². The Bertz CT molecular complexity index is 1110. The lowest BCUT2D eigenvalue weighted by Crippen LogP contribution is -2.32. The molecule has 0 bridgehead atoms. The molecule has 2 aromatic rings. The molecule has 1 aliphatic heterocycles. The SMILES string of the molecule is CCCCc1cccc(C2=Cc3ccccc3S2(OS(=O)(=O)C(F)(F)F)C(F)(F)F)c1. The Morgan fingerprint density at radius 3 is 2.26 bits per heavy atom. The number of benzene rings is 2. The fourth-order valence-electron chi connectivity index (χ4n) is 3.25. The van der Waals surface area contributed by atoms with E-state index in [2.05, 4.69) is 3.63 Å². The van der Waals surface area contributed by atoms with Gasteiger partial charge in [-0.25, -0.2) is 0 Å². The highest BCUT2D eigenvalue weighted by molar-refractivity contribution is 8.41. The summed E-state index contributed by atoms with van der Waals surface area (Å²) in [6.07, 6.45) is 3.21. The summed E-state index contributed by atoms with van der Waals surface area (Å²) in [7, 11) is -11.6. The van der Waals surface area contributed by atoms with Crippen LogP contribution >= 0.6 is 10.3 Å². The number of hydrogen-bond donors (Lipinski definition) is 0. The lowest BCUT2D eigenvalue weighted by Gasteiger charge is -2.39. The van der Waals surface area contributed by atoms with Crippen LogP contribution in [0.3, 0.4) is 0 Å².